The van der Waals surface area contributed by atoms with Crippen LogP contribution < -0.4 is 4.74 Å². The highest BCUT2D eigenvalue weighted by Gasteiger charge is 2.31. The Labute approximate surface area is 120 Å². The SMILES string of the molecule is CC(C)N(C)CCc1c[nH]c2ncc(OC(F)(F)F)cc12. The minimum absolute atomic E-state index is 0.298. The lowest BCUT2D eigenvalue weighted by molar-refractivity contribution is -0.274. The highest BCUT2D eigenvalue weighted by molar-refractivity contribution is 5.80. The lowest BCUT2D eigenvalue weighted by atomic mass is 10.1. The Balaban J connectivity index is 2.19. The molecule has 4 nitrogen and oxygen atoms in total. The zero-order valence-corrected chi connectivity index (χ0v) is 12.2. The molecule has 0 saturated carbocycles. The van der Waals surface area contributed by atoms with Gasteiger partial charge in [0, 0.05) is 24.2 Å². The van der Waals surface area contributed by atoms with Crippen LogP contribution in [0.15, 0.2) is 18.5 Å². The average Bonchev–Trinajstić information content (AvgIpc) is 2.76. The van der Waals surface area contributed by atoms with Crippen LogP contribution in [0.4, 0.5) is 13.2 Å². The molecule has 0 amide bonds. The van der Waals surface area contributed by atoms with E-state index in [0.29, 0.717) is 17.1 Å². The van der Waals surface area contributed by atoms with E-state index >= 15 is 0 Å². The number of H-pyrrole nitrogens is 1. The van der Waals surface area contributed by atoms with Crippen molar-refractivity contribution in [2.75, 3.05) is 13.6 Å². The molecule has 0 aliphatic carbocycles. The van der Waals surface area contributed by atoms with Crippen molar-refractivity contribution in [2.45, 2.75) is 32.7 Å². The fourth-order valence-corrected chi connectivity index (χ4v) is 1.99. The highest BCUT2D eigenvalue weighted by atomic mass is 19.4. The number of fused-ring (bicyclic) bond motifs is 1. The zero-order valence-electron chi connectivity index (χ0n) is 12.2. The van der Waals surface area contributed by atoms with E-state index in [-0.39, 0.29) is 5.75 Å². The van der Waals surface area contributed by atoms with Gasteiger partial charge in [-0.2, -0.15) is 0 Å². The van der Waals surface area contributed by atoms with Gasteiger partial charge in [-0.1, -0.05) is 0 Å². The summed E-state index contributed by atoms with van der Waals surface area (Å²) >= 11 is 0. The van der Waals surface area contributed by atoms with Crippen LogP contribution in [-0.2, 0) is 6.42 Å². The van der Waals surface area contributed by atoms with E-state index in [1.807, 2.05) is 7.05 Å². The van der Waals surface area contributed by atoms with Crippen LogP contribution >= 0.6 is 0 Å². The summed E-state index contributed by atoms with van der Waals surface area (Å²) < 4.78 is 40.6. The molecule has 0 saturated heterocycles. The second-order valence-electron chi connectivity index (χ2n) is 5.25. The monoisotopic (exact) mass is 301 g/mol. The van der Waals surface area contributed by atoms with Gasteiger partial charge in [-0.25, -0.2) is 4.98 Å². The summed E-state index contributed by atoms with van der Waals surface area (Å²) in [5.74, 6) is -0.298. The van der Waals surface area contributed by atoms with Crippen LogP contribution in [0.3, 0.4) is 0 Å². The molecule has 0 atom stereocenters. The molecule has 2 heterocycles. The van der Waals surface area contributed by atoms with Gasteiger partial charge in [-0.05, 0) is 38.9 Å². The summed E-state index contributed by atoms with van der Waals surface area (Å²) in [6.45, 7) is 4.99. The van der Waals surface area contributed by atoms with E-state index in [2.05, 4.69) is 33.5 Å². The number of ether oxygens (including phenoxy) is 1. The topological polar surface area (TPSA) is 41.2 Å². The number of pyridine rings is 1. The number of aromatic amines is 1. The van der Waals surface area contributed by atoms with Crippen molar-refractivity contribution in [1.29, 1.82) is 0 Å². The molecule has 2 aromatic heterocycles. The van der Waals surface area contributed by atoms with Gasteiger partial charge in [0.25, 0.3) is 0 Å². The Bertz CT molecular complexity index is 607. The number of rotatable bonds is 5. The Morgan fingerprint density at radius 3 is 2.71 bits per heavy atom. The molecule has 0 unspecified atom stereocenters. The smallest absolute Gasteiger partial charge is 0.404 e. The van der Waals surface area contributed by atoms with Gasteiger partial charge in [0.15, 0.2) is 0 Å². The van der Waals surface area contributed by atoms with Crippen LogP contribution in [0, 0.1) is 0 Å². The minimum Gasteiger partial charge on any atom is -0.404 e. The molecule has 0 fully saturated rings. The quantitative estimate of drug-likeness (QED) is 0.921. The van der Waals surface area contributed by atoms with Crippen molar-refractivity contribution in [3.63, 3.8) is 0 Å². The molecule has 1 N–H and O–H groups in total. The normalized spacial score (nSPS) is 12.6. The summed E-state index contributed by atoms with van der Waals surface area (Å²) in [5.41, 5.74) is 1.49. The highest BCUT2D eigenvalue weighted by Crippen LogP contribution is 2.26. The number of hydrogen-bond donors (Lipinski definition) is 1. The van der Waals surface area contributed by atoms with Gasteiger partial charge < -0.3 is 14.6 Å². The van der Waals surface area contributed by atoms with E-state index < -0.39 is 6.36 Å². The number of hydrogen-bond acceptors (Lipinski definition) is 3. The minimum atomic E-state index is -4.70. The van der Waals surface area contributed by atoms with Crippen LogP contribution in [0.2, 0.25) is 0 Å². The molecule has 0 radical (unpaired) electrons. The first kappa shape index (κ1) is 15.6. The van der Waals surface area contributed by atoms with E-state index in [1.54, 1.807) is 6.20 Å². The Morgan fingerprint density at radius 1 is 1.38 bits per heavy atom. The van der Waals surface area contributed by atoms with Crippen molar-refractivity contribution in [3.05, 3.63) is 24.0 Å². The molecule has 116 valence electrons. The van der Waals surface area contributed by atoms with Crippen molar-refractivity contribution in [1.82, 2.24) is 14.9 Å². The summed E-state index contributed by atoms with van der Waals surface area (Å²) in [4.78, 5) is 9.09. The molecule has 2 aromatic rings. The first-order valence-electron chi connectivity index (χ1n) is 6.68. The number of nitrogens with one attached hydrogen (secondary N) is 1. The van der Waals surface area contributed by atoms with Crippen molar-refractivity contribution < 1.29 is 17.9 Å². The second kappa shape index (κ2) is 5.93. The molecular weight excluding hydrogens is 283 g/mol. The molecule has 0 spiro atoms. The number of halogens is 3. The maximum absolute atomic E-state index is 12.2. The maximum Gasteiger partial charge on any atom is 0.573 e. The van der Waals surface area contributed by atoms with E-state index in [1.165, 1.54) is 6.07 Å². The number of likely N-dealkylation sites (N-methyl/N-ethyl adjacent to an activating group) is 1. The Morgan fingerprint density at radius 2 is 2.10 bits per heavy atom. The Hall–Kier alpha value is -1.76. The summed E-state index contributed by atoms with van der Waals surface area (Å²) in [7, 11) is 2.01. The fraction of sp³-hybridized carbons (Fsp3) is 0.500. The molecule has 0 bridgehead atoms. The van der Waals surface area contributed by atoms with Gasteiger partial charge in [0.05, 0.1) is 6.20 Å². The number of nitrogens with zero attached hydrogens (tertiary/aromatic N) is 2. The van der Waals surface area contributed by atoms with Gasteiger partial charge >= 0.3 is 6.36 Å². The predicted molar refractivity (Wildman–Crippen MR) is 74.2 cm³/mol. The molecule has 7 heteroatoms. The van der Waals surface area contributed by atoms with E-state index in [0.717, 1.165) is 24.7 Å². The van der Waals surface area contributed by atoms with E-state index in [4.69, 9.17) is 0 Å². The third kappa shape index (κ3) is 4.10. The molecule has 0 aliphatic rings. The van der Waals surface area contributed by atoms with Crippen molar-refractivity contribution >= 4 is 11.0 Å². The molecule has 21 heavy (non-hydrogen) atoms. The summed E-state index contributed by atoms with van der Waals surface area (Å²) in [6.07, 6.45) is -1.13. The van der Waals surface area contributed by atoms with Crippen LogP contribution in [0.25, 0.3) is 11.0 Å². The first-order chi connectivity index (χ1) is 9.76. The lowest BCUT2D eigenvalue weighted by Crippen LogP contribution is -2.28. The fourth-order valence-electron chi connectivity index (χ4n) is 1.99. The average molecular weight is 301 g/mol. The third-order valence-electron chi connectivity index (χ3n) is 3.44. The number of aromatic nitrogens is 2. The van der Waals surface area contributed by atoms with Gasteiger partial charge in [0.2, 0.25) is 0 Å². The molecular formula is C14H18F3N3O. The maximum atomic E-state index is 12.2. The number of alkyl halides is 3. The van der Waals surface area contributed by atoms with Crippen LogP contribution in [0.1, 0.15) is 19.4 Å². The van der Waals surface area contributed by atoms with Crippen molar-refractivity contribution in [3.8, 4) is 5.75 Å². The standard InChI is InChI=1S/C14H18F3N3O/c1-9(2)20(3)5-4-10-7-18-13-12(10)6-11(8-19-13)21-14(15,16)17/h6-9H,4-5H2,1-3H3,(H,18,19). The van der Waals surface area contributed by atoms with Crippen molar-refractivity contribution in [2.24, 2.45) is 0 Å². The van der Waals surface area contributed by atoms with E-state index in [9.17, 15) is 13.2 Å². The largest absolute Gasteiger partial charge is 0.573 e. The predicted octanol–water partition coefficient (Wildman–Crippen LogP) is 3.34. The molecule has 0 aromatic carbocycles. The molecule has 0 aliphatic heterocycles. The van der Waals surface area contributed by atoms with Gasteiger partial charge in [0.1, 0.15) is 11.4 Å². The second-order valence-corrected chi connectivity index (χ2v) is 5.25. The lowest BCUT2D eigenvalue weighted by Gasteiger charge is -2.20. The van der Waals surface area contributed by atoms with Gasteiger partial charge in [-0.15, -0.1) is 13.2 Å². The third-order valence-corrected chi connectivity index (χ3v) is 3.44. The van der Waals surface area contributed by atoms with Gasteiger partial charge in [-0.3, -0.25) is 0 Å². The molecule has 2 rings (SSSR count). The zero-order chi connectivity index (χ0) is 15.6. The first-order valence-corrected chi connectivity index (χ1v) is 6.68. The van der Waals surface area contributed by atoms with Crippen LogP contribution in [0.5, 0.6) is 5.75 Å². The summed E-state index contributed by atoms with van der Waals surface area (Å²) in [6, 6.07) is 1.79. The van der Waals surface area contributed by atoms with Crippen LogP contribution in [-0.4, -0.2) is 40.9 Å². The Kier molecular flexibility index (Phi) is 4.41. The summed E-state index contributed by atoms with van der Waals surface area (Å²) in [5, 5.41) is 0.661.